The predicted octanol–water partition coefficient (Wildman–Crippen LogP) is 2.92. The summed E-state index contributed by atoms with van der Waals surface area (Å²) in [7, 11) is 0. The number of rotatable bonds is 10. The van der Waals surface area contributed by atoms with Gasteiger partial charge < -0.3 is 21.1 Å². The summed E-state index contributed by atoms with van der Waals surface area (Å²) in [5, 5.41) is 8.50. The van der Waals surface area contributed by atoms with Crippen LogP contribution in [0.5, 0.6) is 5.88 Å². The van der Waals surface area contributed by atoms with Crippen LogP contribution in [0.3, 0.4) is 0 Å². The van der Waals surface area contributed by atoms with Crippen molar-refractivity contribution in [1.82, 2.24) is 15.0 Å². The van der Waals surface area contributed by atoms with E-state index in [1.54, 1.807) is 0 Å². The number of amides is 3. The number of benzene rings is 1. The first-order chi connectivity index (χ1) is 14.2. The van der Waals surface area contributed by atoms with Crippen LogP contribution in [-0.4, -0.2) is 35.4 Å². The maximum atomic E-state index is 14.0. The molecule has 3 amide bonds. The van der Waals surface area contributed by atoms with Crippen LogP contribution in [0, 0.1) is 18.6 Å². The zero-order valence-corrected chi connectivity index (χ0v) is 17.8. The topological polar surface area (TPSA) is 118 Å². The fourth-order valence-electron chi connectivity index (χ4n) is 2.45. The first-order valence-electron chi connectivity index (χ1n) is 9.34. The molecule has 1 heterocycles. The molecule has 0 fully saturated rings. The summed E-state index contributed by atoms with van der Waals surface area (Å²) >= 11 is 0.797. The summed E-state index contributed by atoms with van der Waals surface area (Å²) < 4.78 is 36.9. The summed E-state index contributed by atoms with van der Waals surface area (Å²) in [5.41, 5.74) is 5.37. The van der Waals surface area contributed by atoms with Crippen LogP contribution in [0.2, 0.25) is 0 Å². The number of nitrogens with one attached hydrogen (secondary N) is 3. The summed E-state index contributed by atoms with van der Waals surface area (Å²) in [4.78, 5) is 23.9. The summed E-state index contributed by atoms with van der Waals surface area (Å²) in [6.07, 6.45) is 0.726. The molecule has 0 unspecified atom stereocenters. The van der Waals surface area contributed by atoms with Gasteiger partial charge in [-0.1, -0.05) is 13.8 Å². The highest BCUT2D eigenvalue weighted by Crippen LogP contribution is 2.31. The van der Waals surface area contributed by atoms with Crippen molar-refractivity contribution in [2.45, 2.75) is 39.8 Å². The van der Waals surface area contributed by atoms with Gasteiger partial charge in [0.2, 0.25) is 5.88 Å². The second-order valence-electron chi connectivity index (χ2n) is 6.88. The van der Waals surface area contributed by atoms with Gasteiger partial charge in [-0.3, -0.25) is 10.1 Å². The molecule has 0 aliphatic heterocycles. The molecule has 0 atom stereocenters. The van der Waals surface area contributed by atoms with Crippen LogP contribution in [0.15, 0.2) is 12.1 Å². The number of anilines is 1. The van der Waals surface area contributed by atoms with Gasteiger partial charge in [0.25, 0.3) is 5.91 Å². The number of halogens is 2. The molecular formula is C19H25F2N5O3S. The Kier molecular flexibility index (Phi) is 8.48. The average molecular weight is 442 g/mol. The van der Waals surface area contributed by atoms with Gasteiger partial charge in [-0.05, 0) is 49.1 Å². The Balaban J connectivity index is 1.98. The lowest BCUT2D eigenvalue weighted by atomic mass is 10.1. The number of aromatic nitrogens is 1. The molecule has 0 aliphatic rings. The molecule has 164 valence electrons. The Hall–Kier alpha value is -2.79. The van der Waals surface area contributed by atoms with E-state index in [0.717, 1.165) is 36.6 Å². The Morgan fingerprint density at radius 1 is 1.23 bits per heavy atom. The largest absolute Gasteiger partial charge is 0.471 e. The molecule has 1 aromatic heterocycles. The van der Waals surface area contributed by atoms with Crippen LogP contribution in [-0.2, 0) is 6.61 Å². The molecule has 0 saturated carbocycles. The molecule has 1 aromatic carbocycles. The average Bonchev–Trinajstić information content (AvgIpc) is 3.05. The monoisotopic (exact) mass is 441 g/mol. The molecule has 2 rings (SSSR count). The highest BCUT2D eigenvalue weighted by Gasteiger charge is 2.22. The number of carbonyl (C=O) groups is 2. The molecule has 30 heavy (non-hydrogen) atoms. The summed E-state index contributed by atoms with van der Waals surface area (Å²) in [5.74, 6) is -2.25. The molecule has 0 bridgehead atoms. The number of nitrogens with zero attached hydrogens (tertiary/aromatic N) is 1. The lowest BCUT2D eigenvalue weighted by Gasteiger charge is -2.10. The van der Waals surface area contributed by atoms with Crippen molar-refractivity contribution < 1.29 is 23.1 Å². The van der Waals surface area contributed by atoms with E-state index in [1.807, 2.05) is 13.8 Å². The van der Waals surface area contributed by atoms with Crippen molar-refractivity contribution in [1.29, 1.82) is 0 Å². The normalized spacial score (nSPS) is 10.9. The molecule has 11 heteroatoms. The van der Waals surface area contributed by atoms with Crippen molar-refractivity contribution in [3.05, 3.63) is 40.5 Å². The number of primary amides is 1. The zero-order chi connectivity index (χ0) is 22.3. The van der Waals surface area contributed by atoms with Gasteiger partial charge >= 0.3 is 6.03 Å². The lowest BCUT2D eigenvalue weighted by molar-refractivity contribution is 0.0996. The maximum Gasteiger partial charge on any atom is 0.319 e. The third-order valence-corrected chi connectivity index (χ3v) is 4.76. The van der Waals surface area contributed by atoms with Crippen LogP contribution < -0.4 is 26.4 Å². The van der Waals surface area contributed by atoms with Crippen molar-refractivity contribution in [2.75, 3.05) is 18.4 Å². The molecule has 0 spiro atoms. The smallest absolute Gasteiger partial charge is 0.319 e. The maximum absolute atomic E-state index is 14.0. The fraction of sp³-hybridized carbons (Fsp3) is 0.421. The molecule has 0 radical (unpaired) electrons. The Labute approximate surface area is 177 Å². The number of aryl methyl sites for hydroxylation is 1. The highest BCUT2D eigenvalue weighted by molar-refractivity contribution is 7.11. The van der Waals surface area contributed by atoms with Crippen LogP contribution in [0.4, 0.5) is 18.6 Å². The minimum Gasteiger partial charge on any atom is -0.471 e. The first kappa shape index (κ1) is 23.5. The second kappa shape index (κ2) is 10.8. The predicted molar refractivity (Wildman–Crippen MR) is 111 cm³/mol. The SMILES string of the molecule is Cc1cc(F)c(COc2nsc(NC(=O)NCCCNC(C)C)c2C(N)=O)cc1F. The number of urea groups is 1. The highest BCUT2D eigenvalue weighted by atomic mass is 32.1. The standard InChI is InChI=1S/C19H25F2N5O3S/c1-10(2)23-5-4-6-24-19(28)25-18-15(16(22)27)17(26-30-18)29-9-12-8-13(20)11(3)7-14(12)21/h7-8,10,23H,4-6,9H2,1-3H3,(H2,22,27)(H2,24,25,28). The number of ether oxygens (including phenoxy) is 1. The van der Waals surface area contributed by atoms with E-state index < -0.39 is 23.6 Å². The second-order valence-corrected chi connectivity index (χ2v) is 7.65. The van der Waals surface area contributed by atoms with Gasteiger partial charge in [0, 0.05) is 18.2 Å². The minimum atomic E-state index is -0.870. The van der Waals surface area contributed by atoms with Gasteiger partial charge in [0.1, 0.15) is 28.8 Å². The van der Waals surface area contributed by atoms with Crippen LogP contribution >= 0.6 is 11.5 Å². The number of hydrogen-bond acceptors (Lipinski definition) is 6. The van der Waals surface area contributed by atoms with E-state index >= 15 is 0 Å². The van der Waals surface area contributed by atoms with Crippen molar-refractivity contribution in [3.63, 3.8) is 0 Å². The number of carbonyl (C=O) groups excluding carboxylic acids is 2. The number of hydrogen-bond donors (Lipinski definition) is 4. The molecule has 2 aromatic rings. The first-order valence-corrected chi connectivity index (χ1v) is 10.1. The molecule has 8 nitrogen and oxygen atoms in total. The van der Waals surface area contributed by atoms with E-state index in [1.165, 1.54) is 6.92 Å². The van der Waals surface area contributed by atoms with Crippen molar-refractivity contribution >= 4 is 28.5 Å². The minimum absolute atomic E-state index is 0.0382. The quantitative estimate of drug-likeness (QED) is 0.423. The van der Waals surface area contributed by atoms with Gasteiger partial charge in [0.15, 0.2) is 0 Å². The summed E-state index contributed by atoms with van der Waals surface area (Å²) in [6.45, 7) is 6.31. The van der Waals surface area contributed by atoms with Gasteiger partial charge in [0.05, 0.1) is 0 Å². The lowest BCUT2D eigenvalue weighted by Crippen LogP contribution is -2.32. The Morgan fingerprint density at radius 3 is 2.63 bits per heavy atom. The molecule has 0 saturated heterocycles. The third-order valence-electron chi connectivity index (χ3n) is 4.02. The van der Waals surface area contributed by atoms with Gasteiger partial charge in [-0.25, -0.2) is 13.6 Å². The van der Waals surface area contributed by atoms with E-state index in [9.17, 15) is 18.4 Å². The molecule has 0 aliphatic carbocycles. The number of nitrogens with two attached hydrogens (primary N) is 1. The van der Waals surface area contributed by atoms with E-state index in [2.05, 4.69) is 20.3 Å². The zero-order valence-electron chi connectivity index (χ0n) is 17.0. The Bertz CT molecular complexity index is 905. The van der Waals surface area contributed by atoms with E-state index in [0.29, 0.717) is 12.6 Å². The van der Waals surface area contributed by atoms with Gasteiger partial charge in [-0.15, -0.1) is 0 Å². The summed E-state index contributed by atoms with van der Waals surface area (Å²) in [6, 6.07) is 1.90. The van der Waals surface area contributed by atoms with Gasteiger partial charge in [-0.2, -0.15) is 4.37 Å². The van der Waals surface area contributed by atoms with Crippen molar-refractivity contribution in [2.24, 2.45) is 5.73 Å². The molecular weight excluding hydrogens is 416 g/mol. The van der Waals surface area contributed by atoms with E-state index in [4.69, 9.17) is 10.5 Å². The third kappa shape index (κ3) is 6.63. The fourth-order valence-corrected chi connectivity index (χ4v) is 3.18. The van der Waals surface area contributed by atoms with Crippen LogP contribution in [0.1, 0.15) is 41.8 Å². The van der Waals surface area contributed by atoms with Crippen molar-refractivity contribution in [3.8, 4) is 5.88 Å². The van der Waals surface area contributed by atoms with Crippen LogP contribution in [0.25, 0.3) is 0 Å². The Morgan fingerprint density at radius 2 is 1.97 bits per heavy atom. The molecule has 5 N–H and O–H groups in total. The van der Waals surface area contributed by atoms with E-state index in [-0.39, 0.29) is 34.2 Å².